The molecule has 0 N–H and O–H groups in total. The maximum absolute atomic E-state index is 6.44. The Labute approximate surface area is 372 Å². The van der Waals surface area contributed by atoms with Gasteiger partial charge < -0.3 is 14.2 Å². The lowest BCUT2D eigenvalue weighted by Gasteiger charge is -2.45. The number of anilines is 6. The normalized spacial score (nSPS) is 13.1. The van der Waals surface area contributed by atoms with Crippen molar-refractivity contribution in [2.24, 2.45) is 0 Å². The maximum Gasteiger partial charge on any atom is 0.135 e. The zero-order valence-electron chi connectivity index (χ0n) is 34.9. The molecule has 0 atom stereocenters. The summed E-state index contributed by atoms with van der Waals surface area (Å²) < 4.78 is 6.44. The fourth-order valence-electron chi connectivity index (χ4n) is 10.9. The monoisotopic (exact) mass is 816 g/mol. The van der Waals surface area contributed by atoms with Gasteiger partial charge in [-0.25, -0.2) is 0 Å². The summed E-state index contributed by atoms with van der Waals surface area (Å²) in [6, 6.07) is 88.4. The molecule has 13 rings (SSSR count). The molecule has 2 heterocycles. The Bertz CT molecular complexity index is 3540. The van der Waals surface area contributed by atoms with E-state index in [0.717, 1.165) is 50.3 Å². The van der Waals surface area contributed by atoms with Gasteiger partial charge in [0.1, 0.15) is 11.2 Å². The van der Waals surface area contributed by atoms with Gasteiger partial charge in [0.15, 0.2) is 0 Å². The van der Waals surface area contributed by atoms with Crippen LogP contribution in [0.4, 0.5) is 34.1 Å². The minimum absolute atomic E-state index is 0.601. The van der Waals surface area contributed by atoms with Crippen molar-refractivity contribution in [1.29, 1.82) is 0 Å². The van der Waals surface area contributed by atoms with Gasteiger partial charge in [0.25, 0.3) is 0 Å². The number of para-hydroxylation sites is 5. The largest absolute Gasteiger partial charge is 0.456 e. The van der Waals surface area contributed by atoms with E-state index >= 15 is 0 Å². The van der Waals surface area contributed by atoms with Crippen LogP contribution in [0.15, 0.2) is 247 Å². The molecule has 0 fully saturated rings. The van der Waals surface area contributed by atoms with E-state index in [2.05, 4.69) is 246 Å². The number of furan rings is 1. The summed E-state index contributed by atoms with van der Waals surface area (Å²) in [5.74, 6) is 0. The van der Waals surface area contributed by atoms with E-state index in [1.165, 1.54) is 61.4 Å². The number of nitrogens with zero attached hydrogens (tertiary/aromatic N) is 2. The highest BCUT2D eigenvalue weighted by molar-refractivity contribution is 6.08. The Balaban J connectivity index is 1.12. The number of benzene rings is 10. The summed E-state index contributed by atoms with van der Waals surface area (Å²) in [4.78, 5) is 4.95. The van der Waals surface area contributed by atoms with Crippen molar-refractivity contribution >= 4 is 56.1 Å². The molecule has 1 spiro atoms. The fraction of sp³-hybridized carbons (Fsp3) is 0.0164. The van der Waals surface area contributed by atoms with Crippen molar-refractivity contribution in [3.63, 3.8) is 0 Å². The molecule has 10 aromatic carbocycles. The molecular weight excluding hydrogens is 777 g/mol. The molecule has 64 heavy (non-hydrogen) atoms. The molecule has 3 heteroatoms. The van der Waals surface area contributed by atoms with Crippen molar-refractivity contribution in [3.8, 4) is 33.4 Å². The van der Waals surface area contributed by atoms with Gasteiger partial charge in [-0.3, -0.25) is 0 Å². The van der Waals surface area contributed by atoms with Crippen LogP contribution in [0.2, 0.25) is 0 Å². The lowest BCUT2D eigenvalue weighted by molar-refractivity contribution is 0.669. The Kier molecular flexibility index (Phi) is 8.13. The van der Waals surface area contributed by atoms with Gasteiger partial charge in [-0.2, -0.15) is 0 Å². The second-order valence-corrected chi connectivity index (χ2v) is 16.7. The third-order valence-corrected chi connectivity index (χ3v) is 13.5. The number of hydrogen-bond donors (Lipinski definition) is 0. The average molecular weight is 817 g/mol. The molecule has 11 aromatic rings. The number of fused-ring (bicyclic) bond motifs is 12. The molecule has 3 nitrogen and oxygen atoms in total. The highest BCUT2D eigenvalue weighted by Gasteiger charge is 2.52. The summed E-state index contributed by atoms with van der Waals surface area (Å²) in [7, 11) is 0. The van der Waals surface area contributed by atoms with Gasteiger partial charge in [0.05, 0.1) is 28.2 Å². The third-order valence-electron chi connectivity index (χ3n) is 13.5. The molecule has 0 bridgehead atoms. The standard InChI is InChI=1S/C61H40N2O/c1-3-20-41(21-4-1)44-24-7-8-25-45(44)46-26-10-15-33-54(46)63(43-38-39-59-49(40-43)47-27-11-18-37-58(47)64-59)57-36-19-32-53-60(57)48-28-9-12-29-50(48)61(53)51-30-13-16-34-55(51)62(42-22-5-2-6-23-42)56-35-17-14-31-52(56)61/h1-40H. The summed E-state index contributed by atoms with van der Waals surface area (Å²) >= 11 is 0. The molecule has 1 aromatic heterocycles. The Morgan fingerprint density at radius 2 is 0.906 bits per heavy atom. The summed E-state index contributed by atoms with van der Waals surface area (Å²) in [5, 5.41) is 2.18. The van der Waals surface area contributed by atoms with Crippen LogP contribution in [0, 0.1) is 0 Å². The van der Waals surface area contributed by atoms with Crippen molar-refractivity contribution in [2.45, 2.75) is 5.41 Å². The van der Waals surface area contributed by atoms with Crippen LogP contribution in [0.3, 0.4) is 0 Å². The molecule has 0 saturated heterocycles. The lowest BCUT2D eigenvalue weighted by atomic mass is 9.64. The zero-order chi connectivity index (χ0) is 42.2. The van der Waals surface area contributed by atoms with Gasteiger partial charge in [-0.15, -0.1) is 0 Å². The molecule has 1 aliphatic heterocycles. The molecule has 0 saturated carbocycles. The van der Waals surface area contributed by atoms with Crippen molar-refractivity contribution in [3.05, 3.63) is 265 Å². The molecule has 0 radical (unpaired) electrons. The maximum atomic E-state index is 6.44. The predicted octanol–water partition coefficient (Wildman–Crippen LogP) is 16.5. The van der Waals surface area contributed by atoms with E-state index in [0.29, 0.717) is 0 Å². The first kappa shape index (κ1) is 36.3. The van der Waals surface area contributed by atoms with E-state index in [1.54, 1.807) is 0 Å². The first-order valence-corrected chi connectivity index (χ1v) is 22.0. The molecule has 2 aliphatic rings. The van der Waals surface area contributed by atoms with Crippen LogP contribution in [0.25, 0.3) is 55.3 Å². The second kappa shape index (κ2) is 14.3. The van der Waals surface area contributed by atoms with Crippen LogP contribution in [-0.4, -0.2) is 0 Å². The first-order chi connectivity index (χ1) is 31.8. The van der Waals surface area contributed by atoms with Gasteiger partial charge in [0, 0.05) is 33.3 Å². The van der Waals surface area contributed by atoms with Gasteiger partial charge >= 0.3 is 0 Å². The van der Waals surface area contributed by atoms with E-state index in [1.807, 2.05) is 6.07 Å². The Hall–Kier alpha value is -8.40. The summed E-state index contributed by atoms with van der Waals surface area (Å²) in [5.41, 5.74) is 20.1. The van der Waals surface area contributed by atoms with Crippen LogP contribution in [0.1, 0.15) is 22.3 Å². The summed E-state index contributed by atoms with van der Waals surface area (Å²) in [6.45, 7) is 0. The van der Waals surface area contributed by atoms with Gasteiger partial charge in [-0.05, 0) is 105 Å². The quantitative estimate of drug-likeness (QED) is 0.167. The number of hydrogen-bond acceptors (Lipinski definition) is 3. The fourth-order valence-corrected chi connectivity index (χ4v) is 10.9. The number of rotatable bonds is 6. The van der Waals surface area contributed by atoms with E-state index < -0.39 is 5.41 Å². The smallest absolute Gasteiger partial charge is 0.135 e. The average Bonchev–Trinajstić information content (AvgIpc) is 3.89. The van der Waals surface area contributed by atoms with Crippen LogP contribution in [0.5, 0.6) is 0 Å². The van der Waals surface area contributed by atoms with E-state index in [4.69, 9.17) is 4.42 Å². The van der Waals surface area contributed by atoms with Crippen molar-refractivity contribution in [2.75, 3.05) is 9.80 Å². The highest BCUT2D eigenvalue weighted by atomic mass is 16.3. The van der Waals surface area contributed by atoms with Crippen LogP contribution >= 0.6 is 0 Å². The highest BCUT2D eigenvalue weighted by Crippen LogP contribution is 2.65. The SMILES string of the molecule is c1ccc(-c2ccccc2-c2ccccc2N(c2ccc3oc4ccccc4c3c2)c2cccc3c2-c2ccccc2C32c3ccccc3N(c3ccccc3)c3ccccc32)cc1. The minimum Gasteiger partial charge on any atom is -0.456 e. The van der Waals surface area contributed by atoms with Crippen LogP contribution < -0.4 is 9.80 Å². The zero-order valence-corrected chi connectivity index (χ0v) is 34.9. The minimum atomic E-state index is -0.601. The lowest BCUT2D eigenvalue weighted by Crippen LogP contribution is -2.36. The molecule has 300 valence electrons. The van der Waals surface area contributed by atoms with Gasteiger partial charge in [-0.1, -0.05) is 182 Å². The Morgan fingerprint density at radius 1 is 0.359 bits per heavy atom. The Morgan fingerprint density at radius 3 is 1.67 bits per heavy atom. The molecule has 1 aliphatic carbocycles. The third kappa shape index (κ3) is 5.22. The topological polar surface area (TPSA) is 19.6 Å². The van der Waals surface area contributed by atoms with Crippen molar-refractivity contribution < 1.29 is 4.42 Å². The predicted molar refractivity (Wildman–Crippen MR) is 265 cm³/mol. The van der Waals surface area contributed by atoms with E-state index in [9.17, 15) is 0 Å². The molecule has 0 unspecified atom stereocenters. The van der Waals surface area contributed by atoms with Crippen LogP contribution in [-0.2, 0) is 5.41 Å². The first-order valence-electron chi connectivity index (χ1n) is 22.0. The molecular formula is C61H40N2O. The molecule has 0 amide bonds. The van der Waals surface area contributed by atoms with E-state index in [-0.39, 0.29) is 0 Å². The second-order valence-electron chi connectivity index (χ2n) is 16.7. The van der Waals surface area contributed by atoms with Crippen molar-refractivity contribution in [1.82, 2.24) is 0 Å². The van der Waals surface area contributed by atoms with Gasteiger partial charge in [0.2, 0.25) is 0 Å². The summed E-state index contributed by atoms with van der Waals surface area (Å²) in [6.07, 6.45) is 0.